The summed E-state index contributed by atoms with van der Waals surface area (Å²) >= 11 is 0. The highest BCUT2D eigenvalue weighted by Gasteiger charge is 2.39. The summed E-state index contributed by atoms with van der Waals surface area (Å²) in [6.07, 6.45) is -3.12. The lowest BCUT2D eigenvalue weighted by molar-refractivity contribution is -0.142. The molecule has 2 N–H and O–H groups in total. The fourth-order valence-corrected chi connectivity index (χ4v) is 4.01. The van der Waals surface area contributed by atoms with E-state index in [1.807, 2.05) is 0 Å². The molecule has 2 aliphatic rings. The van der Waals surface area contributed by atoms with Crippen LogP contribution >= 0.6 is 0 Å². The minimum Gasteiger partial charge on any atom is -0.465 e. The van der Waals surface area contributed by atoms with Crippen LogP contribution in [0.15, 0.2) is 24.3 Å². The van der Waals surface area contributed by atoms with Crippen molar-refractivity contribution in [2.24, 2.45) is 5.92 Å². The highest BCUT2D eigenvalue weighted by atomic mass is 19.4. The first-order chi connectivity index (χ1) is 14.2. The van der Waals surface area contributed by atoms with Crippen LogP contribution in [0, 0.1) is 5.92 Å². The Kier molecular flexibility index (Phi) is 6.52. The van der Waals surface area contributed by atoms with Crippen molar-refractivity contribution in [1.82, 2.24) is 15.1 Å². The van der Waals surface area contributed by atoms with E-state index < -0.39 is 29.8 Å². The summed E-state index contributed by atoms with van der Waals surface area (Å²) in [5.74, 6) is -1.03. The first-order valence-electron chi connectivity index (χ1n) is 9.89. The third kappa shape index (κ3) is 5.03. The van der Waals surface area contributed by atoms with Crippen molar-refractivity contribution in [3.05, 3.63) is 35.4 Å². The summed E-state index contributed by atoms with van der Waals surface area (Å²) in [5, 5.41) is 11.9. The Balaban J connectivity index is 1.57. The number of benzene rings is 1. The smallest absolute Gasteiger partial charge is 0.416 e. The molecule has 164 valence electrons. The molecule has 3 rings (SSSR count). The topological polar surface area (TPSA) is 90.0 Å². The molecule has 2 unspecified atom stereocenters. The van der Waals surface area contributed by atoms with Gasteiger partial charge in [-0.05, 0) is 43.4 Å². The molecule has 2 aliphatic heterocycles. The van der Waals surface area contributed by atoms with E-state index in [2.05, 4.69) is 5.32 Å². The summed E-state index contributed by atoms with van der Waals surface area (Å²) in [6.45, 7) is 1.02. The highest BCUT2D eigenvalue weighted by molar-refractivity contribution is 5.89. The second kappa shape index (κ2) is 8.93. The zero-order valence-electron chi connectivity index (χ0n) is 16.3. The maximum Gasteiger partial charge on any atom is 0.416 e. The normalized spacial score (nSPS) is 22.1. The molecule has 2 atom stereocenters. The summed E-state index contributed by atoms with van der Waals surface area (Å²) in [4.78, 5) is 39.5. The zero-order valence-corrected chi connectivity index (χ0v) is 16.3. The van der Waals surface area contributed by atoms with Crippen molar-refractivity contribution >= 4 is 17.9 Å². The molecule has 0 radical (unpaired) electrons. The second-order valence-electron chi connectivity index (χ2n) is 7.67. The second-order valence-corrected chi connectivity index (χ2v) is 7.67. The number of carbonyl (C=O) groups is 3. The van der Waals surface area contributed by atoms with Gasteiger partial charge in [0.05, 0.1) is 11.5 Å². The zero-order chi connectivity index (χ0) is 21.9. The number of likely N-dealkylation sites (tertiary alicyclic amines) is 2. The van der Waals surface area contributed by atoms with Crippen molar-refractivity contribution in [2.45, 2.75) is 44.4 Å². The maximum absolute atomic E-state index is 12.9. The Morgan fingerprint density at radius 3 is 2.37 bits per heavy atom. The molecule has 0 aromatic heterocycles. The lowest BCUT2D eigenvalue weighted by atomic mass is 9.96. The number of halogens is 3. The Labute approximate surface area is 171 Å². The van der Waals surface area contributed by atoms with Gasteiger partial charge in [-0.15, -0.1) is 0 Å². The number of alkyl halides is 3. The quantitative estimate of drug-likeness (QED) is 0.773. The number of amides is 3. The van der Waals surface area contributed by atoms with Gasteiger partial charge in [-0.1, -0.05) is 12.1 Å². The Hall–Kier alpha value is -2.78. The van der Waals surface area contributed by atoms with Gasteiger partial charge in [-0.2, -0.15) is 13.2 Å². The van der Waals surface area contributed by atoms with Crippen LogP contribution in [0.4, 0.5) is 18.0 Å². The van der Waals surface area contributed by atoms with Gasteiger partial charge in [0.1, 0.15) is 6.04 Å². The Morgan fingerprint density at radius 1 is 1.07 bits per heavy atom. The van der Waals surface area contributed by atoms with Crippen LogP contribution in [0.25, 0.3) is 0 Å². The van der Waals surface area contributed by atoms with E-state index in [4.69, 9.17) is 5.11 Å². The van der Waals surface area contributed by atoms with Gasteiger partial charge in [0.15, 0.2) is 0 Å². The Morgan fingerprint density at radius 2 is 1.73 bits per heavy atom. The number of hydrogen-bond donors (Lipinski definition) is 2. The van der Waals surface area contributed by atoms with E-state index in [0.717, 1.165) is 12.1 Å². The average Bonchev–Trinajstić information content (AvgIpc) is 3.21. The van der Waals surface area contributed by atoms with Gasteiger partial charge in [0, 0.05) is 26.2 Å². The van der Waals surface area contributed by atoms with E-state index in [-0.39, 0.29) is 24.9 Å². The number of nitrogens with zero attached hydrogens (tertiary/aromatic N) is 2. The highest BCUT2D eigenvalue weighted by Crippen LogP contribution is 2.29. The van der Waals surface area contributed by atoms with Crippen LogP contribution in [-0.2, 0) is 22.3 Å². The molecule has 1 aromatic carbocycles. The molecular formula is C20H24F3N3O4. The van der Waals surface area contributed by atoms with E-state index in [1.54, 1.807) is 0 Å². The molecule has 0 bridgehead atoms. The van der Waals surface area contributed by atoms with Gasteiger partial charge < -0.3 is 20.2 Å². The summed E-state index contributed by atoms with van der Waals surface area (Å²) < 4.78 is 37.9. The number of carboxylic acid groups (broad SMARTS) is 1. The molecule has 0 spiro atoms. The van der Waals surface area contributed by atoms with E-state index >= 15 is 0 Å². The van der Waals surface area contributed by atoms with Crippen LogP contribution in [0.2, 0.25) is 0 Å². The van der Waals surface area contributed by atoms with Crippen molar-refractivity contribution in [3.8, 4) is 0 Å². The lowest BCUT2D eigenvalue weighted by Gasteiger charge is -2.34. The van der Waals surface area contributed by atoms with Crippen LogP contribution in [-0.4, -0.2) is 58.5 Å². The van der Waals surface area contributed by atoms with E-state index in [1.165, 1.54) is 21.9 Å². The predicted octanol–water partition coefficient (Wildman–Crippen LogP) is 2.70. The summed E-state index contributed by atoms with van der Waals surface area (Å²) in [6, 6.07) is 3.90. The SMILES string of the molecule is O=C(NCc1ccc(C(F)(F)F)cc1)C1CCCN1C(=O)C1CCCN(C(=O)O)C1. The fourth-order valence-electron chi connectivity index (χ4n) is 4.01. The van der Waals surface area contributed by atoms with Crippen molar-refractivity contribution in [2.75, 3.05) is 19.6 Å². The maximum atomic E-state index is 12.9. The molecule has 30 heavy (non-hydrogen) atoms. The molecular weight excluding hydrogens is 403 g/mol. The monoisotopic (exact) mass is 427 g/mol. The van der Waals surface area contributed by atoms with Crippen LogP contribution in [0.5, 0.6) is 0 Å². The standard InChI is InChI=1S/C20H24F3N3O4/c21-20(22,23)15-7-5-13(6-8-15)11-24-17(27)16-4-2-10-26(16)18(28)14-3-1-9-25(12-14)19(29)30/h5-8,14,16H,1-4,9-12H2,(H,24,27)(H,29,30). The molecule has 7 nitrogen and oxygen atoms in total. The number of nitrogens with one attached hydrogen (secondary N) is 1. The van der Waals surface area contributed by atoms with Gasteiger partial charge in [-0.25, -0.2) is 4.79 Å². The first kappa shape index (κ1) is 21.9. The Bertz CT molecular complexity index is 797. The van der Waals surface area contributed by atoms with Crippen LogP contribution < -0.4 is 5.32 Å². The van der Waals surface area contributed by atoms with Gasteiger partial charge >= 0.3 is 12.3 Å². The predicted molar refractivity (Wildman–Crippen MR) is 100 cm³/mol. The minimum absolute atomic E-state index is 0.0612. The third-order valence-electron chi connectivity index (χ3n) is 5.63. The van der Waals surface area contributed by atoms with Gasteiger partial charge in [0.25, 0.3) is 0 Å². The first-order valence-corrected chi connectivity index (χ1v) is 9.89. The molecule has 3 amide bonds. The largest absolute Gasteiger partial charge is 0.465 e. The summed E-state index contributed by atoms with van der Waals surface area (Å²) in [7, 11) is 0. The number of piperidine rings is 1. The average molecular weight is 427 g/mol. The van der Waals surface area contributed by atoms with Crippen molar-refractivity contribution in [1.29, 1.82) is 0 Å². The lowest BCUT2D eigenvalue weighted by Crippen LogP contribution is -2.51. The fraction of sp³-hybridized carbons (Fsp3) is 0.550. The molecule has 0 aliphatic carbocycles. The van der Waals surface area contributed by atoms with Crippen LogP contribution in [0.3, 0.4) is 0 Å². The number of hydrogen-bond acceptors (Lipinski definition) is 3. The van der Waals surface area contributed by atoms with Gasteiger partial charge in [-0.3, -0.25) is 9.59 Å². The number of carbonyl (C=O) groups excluding carboxylic acids is 2. The number of rotatable bonds is 4. The molecule has 0 saturated carbocycles. The molecule has 1 aromatic rings. The van der Waals surface area contributed by atoms with Crippen LogP contribution in [0.1, 0.15) is 36.8 Å². The molecule has 10 heteroatoms. The minimum atomic E-state index is -4.41. The third-order valence-corrected chi connectivity index (χ3v) is 5.63. The van der Waals surface area contributed by atoms with Crippen molar-refractivity contribution in [3.63, 3.8) is 0 Å². The molecule has 2 heterocycles. The summed E-state index contributed by atoms with van der Waals surface area (Å²) in [5.41, 5.74) is -0.232. The van der Waals surface area contributed by atoms with Crippen molar-refractivity contribution < 1.29 is 32.7 Å². The molecule has 2 fully saturated rings. The van der Waals surface area contributed by atoms with E-state index in [9.17, 15) is 27.6 Å². The van der Waals surface area contributed by atoms with Gasteiger partial charge in [0.2, 0.25) is 11.8 Å². The molecule has 2 saturated heterocycles. The van der Waals surface area contributed by atoms with E-state index in [0.29, 0.717) is 44.3 Å².